The molecule has 0 aliphatic rings. The second-order valence-electron chi connectivity index (χ2n) is 4.92. The third-order valence-electron chi connectivity index (χ3n) is 3.40. The number of benzene rings is 2. The van der Waals surface area contributed by atoms with Gasteiger partial charge in [-0.2, -0.15) is 0 Å². The smallest absolute Gasteiger partial charge is 0.120 e. The zero-order valence-electron chi connectivity index (χ0n) is 11.6. The molecule has 2 heteroatoms. The van der Waals surface area contributed by atoms with Crippen molar-refractivity contribution in [2.24, 2.45) is 0 Å². The van der Waals surface area contributed by atoms with Gasteiger partial charge < -0.3 is 10.5 Å². The molecule has 2 nitrogen and oxygen atoms in total. The molecule has 2 rings (SSSR count). The van der Waals surface area contributed by atoms with Crippen LogP contribution < -0.4 is 10.5 Å². The molecule has 0 aromatic heterocycles. The number of nitrogen functional groups attached to an aromatic ring is 1. The van der Waals surface area contributed by atoms with Crippen molar-refractivity contribution >= 4 is 5.69 Å². The Kier molecular flexibility index (Phi) is 4.45. The predicted molar refractivity (Wildman–Crippen MR) is 80.3 cm³/mol. The summed E-state index contributed by atoms with van der Waals surface area (Å²) < 4.78 is 5.83. The third-order valence-corrected chi connectivity index (χ3v) is 3.40. The van der Waals surface area contributed by atoms with Crippen LogP contribution >= 0.6 is 0 Å². The van der Waals surface area contributed by atoms with Crippen LogP contribution in [0.25, 0.3) is 0 Å². The molecule has 1 unspecified atom stereocenters. The van der Waals surface area contributed by atoms with Crippen molar-refractivity contribution in [1.29, 1.82) is 0 Å². The Balaban J connectivity index is 2.03. The first-order chi connectivity index (χ1) is 9.19. The van der Waals surface area contributed by atoms with Gasteiger partial charge in [0.15, 0.2) is 0 Å². The van der Waals surface area contributed by atoms with E-state index in [-0.39, 0.29) is 0 Å². The molecule has 0 fully saturated rings. The second-order valence-corrected chi connectivity index (χ2v) is 4.92. The van der Waals surface area contributed by atoms with Gasteiger partial charge in [-0.3, -0.25) is 0 Å². The van der Waals surface area contributed by atoms with Crippen LogP contribution in [0.3, 0.4) is 0 Å². The Labute approximate surface area is 115 Å². The summed E-state index contributed by atoms with van der Waals surface area (Å²) >= 11 is 0. The molecule has 0 heterocycles. The fourth-order valence-corrected chi connectivity index (χ4v) is 2.00. The van der Waals surface area contributed by atoms with Gasteiger partial charge in [0, 0.05) is 5.69 Å². The Morgan fingerprint density at radius 1 is 1.11 bits per heavy atom. The Morgan fingerprint density at radius 3 is 2.63 bits per heavy atom. The van der Waals surface area contributed by atoms with E-state index in [1.54, 1.807) is 0 Å². The SMILES string of the molecule is CCC(C)c1cccc(OCc2cccc(N)c2)c1. The summed E-state index contributed by atoms with van der Waals surface area (Å²) in [7, 11) is 0. The van der Waals surface area contributed by atoms with E-state index in [1.165, 1.54) is 5.56 Å². The highest BCUT2D eigenvalue weighted by atomic mass is 16.5. The van der Waals surface area contributed by atoms with Gasteiger partial charge in [-0.05, 0) is 47.7 Å². The molecule has 100 valence electrons. The van der Waals surface area contributed by atoms with Gasteiger partial charge in [0.25, 0.3) is 0 Å². The third kappa shape index (κ3) is 3.75. The molecule has 0 radical (unpaired) electrons. The maximum Gasteiger partial charge on any atom is 0.120 e. The second kappa shape index (κ2) is 6.28. The van der Waals surface area contributed by atoms with Crippen molar-refractivity contribution in [3.05, 3.63) is 59.7 Å². The first-order valence-electron chi connectivity index (χ1n) is 6.76. The average molecular weight is 255 g/mol. The highest BCUT2D eigenvalue weighted by molar-refractivity contribution is 5.40. The molecule has 2 N–H and O–H groups in total. The fraction of sp³-hybridized carbons (Fsp3) is 0.294. The summed E-state index contributed by atoms with van der Waals surface area (Å²) in [6.45, 7) is 4.98. The molecule has 0 saturated carbocycles. The van der Waals surface area contributed by atoms with Crippen LogP contribution in [0.1, 0.15) is 37.3 Å². The summed E-state index contributed by atoms with van der Waals surface area (Å²) in [6.07, 6.45) is 1.14. The first-order valence-corrected chi connectivity index (χ1v) is 6.76. The number of hydrogen-bond donors (Lipinski definition) is 1. The minimum absolute atomic E-state index is 0.551. The maximum absolute atomic E-state index is 5.83. The Bertz CT molecular complexity index is 536. The highest BCUT2D eigenvalue weighted by Crippen LogP contribution is 2.23. The normalized spacial score (nSPS) is 12.1. The molecule has 0 bridgehead atoms. The monoisotopic (exact) mass is 255 g/mol. The number of nitrogens with two attached hydrogens (primary N) is 1. The Morgan fingerprint density at radius 2 is 1.89 bits per heavy atom. The molecule has 1 atom stereocenters. The quantitative estimate of drug-likeness (QED) is 0.806. The summed E-state index contributed by atoms with van der Waals surface area (Å²) in [6, 6.07) is 16.1. The van der Waals surface area contributed by atoms with Crippen LogP contribution in [0, 0.1) is 0 Å². The van der Waals surface area contributed by atoms with E-state index in [4.69, 9.17) is 10.5 Å². The molecule has 19 heavy (non-hydrogen) atoms. The molecule has 0 spiro atoms. The van der Waals surface area contributed by atoms with Gasteiger partial charge in [-0.1, -0.05) is 38.1 Å². The van der Waals surface area contributed by atoms with Crippen molar-refractivity contribution < 1.29 is 4.74 Å². The van der Waals surface area contributed by atoms with Gasteiger partial charge in [0.05, 0.1) is 0 Å². The van der Waals surface area contributed by atoms with Crippen LogP contribution in [0.4, 0.5) is 5.69 Å². The van der Waals surface area contributed by atoms with E-state index < -0.39 is 0 Å². The van der Waals surface area contributed by atoms with E-state index >= 15 is 0 Å². The minimum atomic E-state index is 0.551. The van der Waals surface area contributed by atoms with E-state index in [1.807, 2.05) is 30.3 Å². The van der Waals surface area contributed by atoms with E-state index in [2.05, 4.69) is 32.0 Å². The van der Waals surface area contributed by atoms with Gasteiger partial charge in [-0.25, -0.2) is 0 Å². The van der Waals surface area contributed by atoms with Gasteiger partial charge in [0.1, 0.15) is 12.4 Å². The van der Waals surface area contributed by atoms with Crippen molar-refractivity contribution in [3.63, 3.8) is 0 Å². The standard InChI is InChI=1S/C17H21NO/c1-3-13(2)15-7-5-9-17(11-15)19-12-14-6-4-8-16(18)10-14/h4-11,13H,3,12,18H2,1-2H3. The topological polar surface area (TPSA) is 35.2 Å². The lowest BCUT2D eigenvalue weighted by Gasteiger charge is -2.12. The summed E-state index contributed by atoms with van der Waals surface area (Å²) in [5.74, 6) is 1.48. The number of ether oxygens (including phenoxy) is 1. The van der Waals surface area contributed by atoms with Gasteiger partial charge in [0.2, 0.25) is 0 Å². The predicted octanol–water partition coefficient (Wildman–Crippen LogP) is 4.36. The molecule has 2 aromatic rings. The summed E-state index contributed by atoms with van der Waals surface area (Å²) in [4.78, 5) is 0. The Hall–Kier alpha value is -1.96. The minimum Gasteiger partial charge on any atom is -0.489 e. The zero-order chi connectivity index (χ0) is 13.7. The number of anilines is 1. The van der Waals surface area contributed by atoms with Crippen LogP contribution in [-0.4, -0.2) is 0 Å². The molecular formula is C17H21NO. The molecule has 0 aliphatic carbocycles. The van der Waals surface area contributed by atoms with Crippen molar-refractivity contribution in [2.45, 2.75) is 32.8 Å². The molecule has 0 aliphatic heterocycles. The van der Waals surface area contributed by atoms with E-state index in [0.717, 1.165) is 23.4 Å². The number of hydrogen-bond acceptors (Lipinski definition) is 2. The lowest BCUT2D eigenvalue weighted by Crippen LogP contribution is -1.98. The van der Waals surface area contributed by atoms with Crippen LogP contribution in [0.15, 0.2) is 48.5 Å². The zero-order valence-corrected chi connectivity index (χ0v) is 11.6. The lowest BCUT2D eigenvalue weighted by atomic mass is 9.99. The highest BCUT2D eigenvalue weighted by Gasteiger charge is 2.04. The van der Waals surface area contributed by atoms with E-state index in [9.17, 15) is 0 Å². The van der Waals surface area contributed by atoms with Crippen LogP contribution in [0.2, 0.25) is 0 Å². The molecular weight excluding hydrogens is 234 g/mol. The fourth-order valence-electron chi connectivity index (χ4n) is 2.00. The lowest BCUT2D eigenvalue weighted by molar-refractivity contribution is 0.306. The number of rotatable bonds is 5. The maximum atomic E-state index is 5.83. The molecule has 0 amide bonds. The first kappa shape index (κ1) is 13.5. The van der Waals surface area contributed by atoms with Gasteiger partial charge >= 0.3 is 0 Å². The van der Waals surface area contributed by atoms with Crippen molar-refractivity contribution in [1.82, 2.24) is 0 Å². The summed E-state index contributed by atoms with van der Waals surface area (Å²) in [5, 5.41) is 0. The van der Waals surface area contributed by atoms with Gasteiger partial charge in [-0.15, -0.1) is 0 Å². The van der Waals surface area contributed by atoms with Crippen LogP contribution in [-0.2, 0) is 6.61 Å². The van der Waals surface area contributed by atoms with Crippen molar-refractivity contribution in [3.8, 4) is 5.75 Å². The largest absolute Gasteiger partial charge is 0.489 e. The molecule has 0 saturated heterocycles. The molecule has 2 aromatic carbocycles. The van der Waals surface area contributed by atoms with Crippen LogP contribution in [0.5, 0.6) is 5.75 Å². The average Bonchev–Trinajstić information content (AvgIpc) is 2.45. The summed E-state index contributed by atoms with van der Waals surface area (Å²) in [5.41, 5.74) is 8.94. The van der Waals surface area contributed by atoms with E-state index in [0.29, 0.717) is 12.5 Å². The van der Waals surface area contributed by atoms with Crippen molar-refractivity contribution in [2.75, 3.05) is 5.73 Å².